The highest BCUT2D eigenvalue weighted by Crippen LogP contribution is 2.38. The first-order chi connectivity index (χ1) is 17.6. The molecule has 3 heterocycles. The highest BCUT2D eigenvalue weighted by atomic mass is 32.2. The van der Waals surface area contributed by atoms with Gasteiger partial charge in [0.2, 0.25) is 0 Å². The standard InChI is InChI=1S/C25H24N6O2S3/c32-21(16-6-4-5-7-16)19-14-17(10-11-26-19)29-23(33)31-25-30-20(15-34-18-8-2-1-3-9-18)22(36-25)35-24-27-12-13-28-24/h1-3,8-14,16H,4-7,15H2,(H,27,28)(H2,26,29,30,31,33). The van der Waals surface area contributed by atoms with Crippen LogP contribution in [0, 0.1) is 5.92 Å². The van der Waals surface area contributed by atoms with Crippen LogP contribution in [-0.4, -0.2) is 31.8 Å². The van der Waals surface area contributed by atoms with E-state index in [0.29, 0.717) is 22.3 Å². The monoisotopic (exact) mass is 536 g/mol. The number of imidazole rings is 1. The molecule has 184 valence electrons. The summed E-state index contributed by atoms with van der Waals surface area (Å²) in [4.78, 5) is 42.9. The van der Waals surface area contributed by atoms with Crippen molar-refractivity contribution in [2.24, 2.45) is 5.92 Å². The van der Waals surface area contributed by atoms with Crippen LogP contribution >= 0.6 is 34.9 Å². The summed E-state index contributed by atoms with van der Waals surface area (Å²) in [6.07, 6.45) is 9.01. The zero-order valence-corrected chi connectivity index (χ0v) is 21.7. The molecule has 0 atom stereocenters. The van der Waals surface area contributed by atoms with E-state index in [0.717, 1.165) is 45.6 Å². The number of hydrogen-bond acceptors (Lipinski definition) is 8. The number of Topliss-reactive ketones (excluding diaryl/α,β-unsaturated/α-hetero) is 1. The number of rotatable bonds is 9. The van der Waals surface area contributed by atoms with Crippen molar-refractivity contribution in [2.45, 2.75) is 45.7 Å². The number of ketones is 1. The van der Waals surface area contributed by atoms with E-state index in [2.05, 4.69) is 42.7 Å². The van der Waals surface area contributed by atoms with Gasteiger partial charge in [-0.05, 0) is 48.9 Å². The number of aromatic nitrogens is 4. The normalized spacial score (nSPS) is 13.6. The van der Waals surface area contributed by atoms with Gasteiger partial charge in [0.05, 0.1) is 9.90 Å². The number of aromatic amines is 1. The molecular formula is C25H24N6O2S3. The highest BCUT2D eigenvalue weighted by Gasteiger charge is 2.25. The summed E-state index contributed by atoms with van der Waals surface area (Å²) in [6, 6.07) is 13.0. The molecule has 11 heteroatoms. The lowest BCUT2D eigenvalue weighted by molar-refractivity contribution is 0.0917. The molecule has 3 aromatic heterocycles. The van der Waals surface area contributed by atoms with Crippen LogP contribution in [0.15, 0.2) is 75.3 Å². The average Bonchev–Trinajstić information content (AvgIpc) is 3.67. The minimum Gasteiger partial charge on any atom is -0.339 e. The van der Waals surface area contributed by atoms with E-state index >= 15 is 0 Å². The Morgan fingerprint density at radius 2 is 1.89 bits per heavy atom. The molecule has 0 unspecified atom stereocenters. The third-order valence-corrected chi connectivity index (χ3v) is 8.83. The summed E-state index contributed by atoms with van der Waals surface area (Å²) in [6.45, 7) is 0. The van der Waals surface area contributed by atoms with Crippen molar-refractivity contribution in [3.63, 3.8) is 0 Å². The molecule has 0 radical (unpaired) electrons. The Morgan fingerprint density at radius 3 is 2.67 bits per heavy atom. The molecular weight excluding hydrogens is 513 g/mol. The van der Waals surface area contributed by atoms with E-state index < -0.39 is 6.03 Å². The fraction of sp³-hybridized carbons (Fsp3) is 0.240. The van der Waals surface area contributed by atoms with Gasteiger partial charge in [0.25, 0.3) is 0 Å². The van der Waals surface area contributed by atoms with Crippen LogP contribution in [0.3, 0.4) is 0 Å². The average molecular weight is 537 g/mol. The Balaban J connectivity index is 1.26. The second-order valence-corrected chi connectivity index (χ2v) is 11.5. The quantitative estimate of drug-likeness (QED) is 0.161. The lowest BCUT2D eigenvalue weighted by atomic mass is 9.99. The maximum absolute atomic E-state index is 12.7. The minimum absolute atomic E-state index is 0.0363. The highest BCUT2D eigenvalue weighted by molar-refractivity contribution is 8.01. The third kappa shape index (κ3) is 6.34. The van der Waals surface area contributed by atoms with Crippen LogP contribution in [0.4, 0.5) is 15.6 Å². The predicted octanol–water partition coefficient (Wildman–Crippen LogP) is 6.72. The largest absolute Gasteiger partial charge is 0.339 e. The molecule has 0 bridgehead atoms. The van der Waals surface area contributed by atoms with E-state index in [1.807, 2.05) is 18.2 Å². The smallest absolute Gasteiger partial charge is 0.325 e. The van der Waals surface area contributed by atoms with Gasteiger partial charge >= 0.3 is 6.03 Å². The molecule has 1 aliphatic carbocycles. The number of benzene rings is 1. The lowest BCUT2D eigenvalue weighted by Crippen LogP contribution is -2.20. The molecule has 1 fully saturated rings. The number of hydrogen-bond donors (Lipinski definition) is 3. The number of pyridine rings is 1. The number of carbonyl (C=O) groups is 2. The molecule has 5 rings (SSSR count). The second kappa shape index (κ2) is 11.7. The molecule has 36 heavy (non-hydrogen) atoms. The Labute approximate surface area is 221 Å². The van der Waals surface area contributed by atoms with Gasteiger partial charge in [-0.2, -0.15) is 0 Å². The van der Waals surface area contributed by atoms with Gasteiger partial charge < -0.3 is 10.3 Å². The number of anilines is 2. The van der Waals surface area contributed by atoms with Crippen molar-refractivity contribution in [3.8, 4) is 0 Å². The maximum atomic E-state index is 12.7. The van der Waals surface area contributed by atoms with Crippen molar-refractivity contribution >= 4 is 57.5 Å². The molecule has 1 aliphatic rings. The Hall–Kier alpha value is -3.15. The zero-order chi connectivity index (χ0) is 24.7. The Kier molecular flexibility index (Phi) is 7.99. The van der Waals surface area contributed by atoms with Gasteiger partial charge in [-0.3, -0.25) is 15.1 Å². The van der Waals surface area contributed by atoms with Crippen LogP contribution in [0.2, 0.25) is 0 Å². The first-order valence-electron chi connectivity index (χ1n) is 11.6. The van der Waals surface area contributed by atoms with Crippen molar-refractivity contribution in [1.29, 1.82) is 0 Å². The number of urea groups is 1. The molecule has 8 nitrogen and oxygen atoms in total. The zero-order valence-electron chi connectivity index (χ0n) is 19.3. The molecule has 0 saturated heterocycles. The van der Waals surface area contributed by atoms with Crippen LogP contribution < -0.4 is 10.6 Å². The van der Waals surface area contributed by atoms with Crippen LogP contribution in [0.5, 0.6) is 0 Å². The van der Waals surface area contributed by atoms with Crippen LogP contribution in [0.25, 0.3) is 0 Å². The first kappa shape index (κ1) is 24.5. The third-order valence-electron chi connectivity index (χ3n) is 5.66. The fourth-order valence-corrected chi connectivity index (χ4v) is 6.97. The predicted molar refractivity (Wildman–Crippen MR) is 144 cm³/mol. The van der Waals surface area contributed by atoms with Gasteiger partial charge in [0.15, 0.2) is 16.1 Å². The van der Waals surface area contributed by atoms with Gasteiger partial charge in [-0.25, -0.2) is 14.8 Å². The molecule has 2 amide bonds. The molecule has 0 aliphatic heterocycles. The SMILES string of the molecule is O=C(Nc1ccnc(C(=O)C2CCCC2)c1)Nc1nc(CSc2ccccc2)c(Sc2ncc[nH]2)s1. The second-order valence-electron chi connectivity index (χ2n) is 8.21. The summed E-state index contributed by atoms with van der Waals surface area (Å²) in [5.74, 6) is 0.745. The lowest BCUT2D eigenvalue weighted by Gasteiger charge is -2.09. The fourth-order valence-electron chi connectivity index (χ4n) is 3.92. The summed E-state index contributed by atoms with van der Waals surface area (Å²) in [7, 11) is 0. The van der Waals surface area contributed by atoms with Gasteiger partial charge in [0.1, 0.15) is 5.69 Å². The number of nitrogens with zero attached hydrogens (tertiary/aromatic N) is 3. The van der Waals surface area contributed by atoms with Gasteiger partial charge in [0, 0.05) is 40.8 Å². The molecule has 4 aromatic rings. The van der Waals surface area contributed by atoms with Gasteiger partial charge in [-0.15, -0.1) is 11.8 Å². The summed E-state index contributed by atoms with van der Waals surface area (Å²) < 4.78 is 0.956. The van der Waals surface area contributed by atoms with E-state index in [1.54, 1.807) is 42.5 Å². The maximum Gasteiger partial charge on any atom is 0.325 e. The number of thiazole rings is 1. The van der Waals surface area contributed by atoms with Crippen molar-refractivity contribution < 1.29 is 9.59 Å². The van der Waals surface area contributed by atoms with E-state index in [4.69, 9.17) is 0 Å². The van der Waals surface area contributed by atoms with E-state index in [9.17, 15) is 9.59 Å². The molecule has 1 aromatic carbocycles. The number of carbonyl (C=O) groups excluding carboxylic acids is 2. The van der Waals surface area contributed by atoms with E-state index in [1.165, 1.54) is 23.1 Å². The Morgan fingerprint density at radius 1 is 1.06 bits per heavy atom. The number of H-pyrrole nitrogens is 1. The molecule has 3 N–H and O–H groups in total. The summed E-state index contributed by atoms with van der Waals surface area (Å²) >= 11 is 4.56. The number of thioether (sulfide) groups is 1. The number of amides is 2. The summed E-state index contributed by atoms with van der Waals surface area (Å²) in [5.41, 5.74) is 1.79. The number of nitrogens with one attached hydrogen (secondary N) is 3. The Bertz CT molecular complexity index is 1320. The van der Waals surface area contributed by atoms with Crippen molar-refractivity contribution in [3.05, 3.63) is 72.4 Å². The van der Waals surface area contributed by atoms with Crippen molar-refractivity contribution in [1.82, 2.24) is 19.9 Å². The van der Waals surface area contributed by atoms with Gasteiger partial charge in [-0.1, -0.05) is 42.4 Å². The molecule has 0 spiro atoms. The van der Waals surface area contributed by atoms with E-state index in [-0.39, 0.29) is 11.7 Å². The first-order valence-corrected chi connectivity index (χ1v) is 14.2. The van der Waals surface area contributed by atoms with Crippen LogP contribution in [0.1, 0.15) is 41.9 Å². The molecule has 1 saturated carbocycles. The summed E-state index contributed by atoms with van der Waals surface area (Å²) in [5, 5.41) is 6.88. The topological polar surface area (TPSA) is 113 Å². The minimum atomic E-state index is -0.425. The van der Waals surface area contributed by atoms with Crippen LogP contribution in [-0.2, 0) is 5.75 Å². The van der Waals surface area contributed by atoms with Crippen molar-refractivity contribution in [2.75, 3.05) is 10.6 Å².